The van der Waals surface area contributed by atoms with Crippen LogP contribution < -0.4 is 5.32 Å². The number of hydrogen-bond donors (Lipinski definition) is 1. The molecule has 0 saturated heterocycles. The molecule has 86 valence electrons. The maximum Gasteiger partial charge on any atom is 0.251 e. The van der Waals surface area contributed by atoms with Gasteiger partial charge in [-0.25, -0.2) is 0 Å². The van der Waals surface area contributed by atoms with E-state index in [9.17, 15) is 4.79 Å². The minimum absolute atomic E-state index is 0.0454. The van der Waals surface area contributed by atoms with E-state index < -0.39 is 0 Å². The number of nitrogens with one attached hydrogen (secondary N) is 1. The number of carbonyl (C=O) groups is 1. The van der Waals surface area contributed by atoms with Gasteiger partial charge in [0.15, 0.2) is 0 Å². The number of amides is 1. The lowest BCUT2D eigenvalue weighted by molar-refractivity contribution is 0.0958. The van der Waals surface area contributed by atoms with Gasteiger partial charge < -0.3 is 5.32 Å². The summed E-state index contributed by atoms with van der Waals surface area (Å²) in [6.45, 7) is 8.44. The quantitative estimate of drug-likeness (QED) is 0.755. The van der Waals surface area contributed by atoms with Crippen molar-refractivity contribution in [3.05, 3.63) is 48.0 Å². The van der Waals surface area contributed by atoms with Gasteiger partial charge in [-0.05, 0) is 30.0 Å². The van der Waals surface area contributed by atoms with Gasteiger partial charge in [0.2, 0.25) is 0 Å². The van der Waals surface area contributed by atoms with Crippen molar-refractivity contribution in [2.24, 2.45) is 5.92 Å². The van der Waals surface area contributed by atoms with Crippen LogP contribution in [0.4, 0.5) is 0 Å². The number of benzene rings is 1. The van der Waals surface area contributed by atoms with Crippen molar-refractivity contribution in [2.75, 3.05) is 6.54 Å². The molecule has 0 saturated carbocycles. The zero-order valence-electron chi connectivity index (χ0n) is 9.99. The van der Waals surface area contributed by atoms with Gasteiger partial charge in [0.05, 0.1) is 0 Å². The van der Waals surface area contributed by atoms with Crippen molar-refractivity contribution in [1.29, 1.82) is 0 Å². The summed E-state index contributed by atoms with van der Waals surface area (Å²) in [6, 6.07) is 7.78. The van der Waals surface area contributed by atoms with Crippen LogP contribution in [0.3, 0.4) is 0 Å². The standard InChI is InChI=1S/C14H19NO/c1-4-9-15-14(16)13-7-5-12(6-8-13)10-11(2)3/h4-8,11H,1,9-10H2,2-3H3,(H,15,16). The van der Waals surface area contributed by atoms with Crippen LogP contribution in [-0.4, -0.2) is 12.5 Å². The van der Waals surface area contributed by atoms with E-state index in [1.165, 1.54) is 5.56 Å². The van der Waals surface area contributed by atoms with Crippen molar-refractivity contribution >= 4 is 5.91 Å². The summed E-state index contributed by atoms with van der Waals surface area (Å²) in [7, 11) is 0. The van der Waals surface area contributed by atoms with Crippen LogP contribution in [0.2, 0.25) is 0 Å². The highest BCUT2D eigenvalue weighted by Gasteiger charge is 2.04. The van der Waals surface area contributed by atoms with Gasteiger partial charge in [-0.1, -0.05) is 32.1 Å². The van der Waals surface area contributed by atoms with Gasteiger partial charge >= 0.3 is 0 Å². The molecule has 0 aliphatic rings. The van der Waals surface area contributed by atoms with Crippen molar-refractivity contribution in [1.82, 2.24) is 5.32 Å². The molecule has 0 bridgehead atoms. The van der Waals surface area contributed by atoms with Gasteiger partial charge in [-0.2, -0.15) is 0 Å². The largest absolute Gasteiger partial charge is 0.349 e. The summed E-state index contributed by atoms with van der Waals surface area (Å²) >= 11 is 0. The van der Waals surface area contributed by atoms with Gasteiger partial charge in [-0.3, -0.25) is 4.79 Å². The van der Waals surface area contributed by atoms with E-state index in [1.54, 1.807) is 6.08 Å². The molecule has 1 aromatic rings. The SMILES string of the molecule is C=CCNC(=O)c1ccc(CC(C)C)cc1. The van der Waals surface area contributed by atoms with Gasteiger partial charge in [0, 0.05) is 12.1 Å². The highest BCUT2D eigenvalue weighted by atomic mass is 16.1. The van der Waals surface area contributed by atoms with Gasteiger partial charge in [-0.15, -0.1) is 6.58 Å². The zero-order valence-corrected chi connectivity index (χ0v) is 9.99. The maximum atomic E-state index is 11.6. The second-order valence-electron chi connectivity index (χ2n) is 4.29. The molecule has 0 radical (unpaired) electrons. The third-order valence-electron chi connectivity index (χ3n) is 2.27. The third kappa shape index (κ3) is 3.89. The molecule has 16 heavy (non-hydrogen) atoms. The maximum absolute atomic E-state index is 11.6. The van der Waals surface area contributed by atoms with E-state index in [0.717, 1.165) is 6.42 Å². The first-order valence-corrected chi connectivity index (χ1v) is 5.61. The Kier molecular flexibility index (Phi) is 4.77. The normalized spacial score (nSPS) is 10.2. The van der Waals surface area contributed by atoms with Crippen molar-refractivity contribution in [3.8, 4) is 0 Å². The summed E-state index contributed by atoms with van der Waals surface area (Å²) in [5.74, 6) is 0.594. The Labute approximate surface area is 97.4 Å². The molecule has 0 aliphatic heterocycles. The van der Waals surface area contributed by atoms with Gasteiger partial charge in [0.1, 0.15) is 0 Å². The minimum atomic E-state index is -0.0454. The Bertz CT molecular complexity index is 352. The fourth-order valence-corrected chi connectivity index (χ4v) is 1.53. The lowest BCUT2D eigenvalue weighted by atomic mass is 10.0. The smallest absolute Gasteiger partial charge is 0.251 e. The molecule has 0 atom stereocenters. The Hall–Kier alpha value is -1.57. The molecule has 0 spiro atoms. The summed E-state index contributed by atoms with van der Waals surface area (Å²) in [5.41, 5.74) is 1.98. The zero-order chi connectivity index (χ0) is 12.0. The van der Waals surface area contributed by atoms with E-state index >= 15 is 0 Å². The molecule has 1 amide bonds. The van der Waals surface area contributed by atoms with E-state index in [2.05, 4.69) is 25.7 Å². The van der Waals surface area contributed by atoms with E-state index in [0.29, 0.717) is 18.0 Å². The fourth-order valence-electron chi connectivity index (χ4n) is 1.53. The molecule has 1 rings (SSSR count). The lowest BCUT2D eigenvalue weighted by Gasteiger charge is -2.06. The Morgan fingerprint density at radius 3 is 2.50 bits per heavy atom. The van der Waals surface area contributed by atoms with E-state index in [1.807, 2.05) is 24.3 Å². The molecule has 2 heteroatoms. The second kappa shape index (κ2) is 6.11. The fraction of sp³-hybridized carbons (Fsp3) is 0.357. The molecule has 0 aromatic heterocycles. The summed E-state index contributed by atoms with van der Waals surface area (Å²) in [4.78, 5) is 11.6. The third-order valence-corrected chi connectivity index (χ3v) is 2.27. The highest BCUT2D eigenvalue weighted by Crippen LogP contribution is 2.09. The predicted octanol–water partition coefficient (Wildman–Crippen LogP) is 2.80. The van der Waals surface area contributed by atoms with Crippen molar-refractivity contribution < 1.29 is 4.79 Å². The lowest BCUT2D eigenvalue weighted by Crippen LogP contribution is -2.23. The van der Waals surface area contributed by atoms with E-state index in [-0.39, 0.29) is 5.91 Å². The molecule has 2 nitrogen and oxygen atoms in total. The molecular weight excluding hydrogens is 198 g/mol. The summed E-state index contributed by atoms with van der Waals surface area (Å²) in [5, 5.41) is 2.75. The van der Waals surface area contributed by atoms with Crippen LogP contribution in [0.1, 0.15) is 29.8 Å². The Morgan fingerprint density at radius 2 is 2.00 bits per heavy atom. The number of rotatable bonds is 5. The Morgan fingerprint density at radius 1 is 1.38 bits per heavy atom. The topological polar surface area (TPSA) is 29.1 Å². The first-order chi connectivity index (χ1) is 7.63. The van der Waals surface area contributed by atoms with Crippen LogP contribution in [-0.2, 0) is 6.42 Å². The highest BCUT2D eigenvalue weighted by molar-refractivity contribution is 5.94. The molecule has 0 heterocycles. The Balaban J connectivity index is 2.63. The number of carbonyl (C=O) groups excluding carboxylic acids is 1. The number of hydrogen-bond acceptors (Lipinski definition) is 1. The van der Waals surface area contributed by atoms with Crippen LogP contribution in [0.5, 0.6) is 0 Å². The first-order valence-electron chi connectivity index (χ1n) is 5.61. The second-order valence-corrected chi connectivity index (χ2v) is 4.29. The molecule has 0 fully saturated rings. The molecule has 1 aromatic carbocycles. The van der Waals surface area contributed by atoms with Crippen molar-refractivity contribution in [3.63, 3.8) is 0 Å². The van der Waals surface area contributed by atoms with Crippen LogP contribution >= 0.6 is 0 Å². The minimum Gasteiger partial charge on any atom is -0.349 e. The first kappa shape index (κ1) is 12.5. The summed E-state index contributed by atoms with van der Waals surface area (Å²) < 4.78 is 0. The van der Waals surface area contributed by atoms with Crippen LogP contribution in [0.25, 0.3) is 0 Å². The monoisotopic (exact) mass is 217 g/mol. The summed E-state index contributed by atoms with van der Waals surface area (Å²) in [6.07, 6.45) is 2.72. The van der Waals surface area contributed by atoms with Crippen LogP contribution in [0.15, 0.2) is 36.9 Å². The van der Waals surface area contributed by atoms with E-state index in [4.69, 9.17) is 0 Å². The molecule has 0 unspecified atom stereocenters. The molecule has 1 N–H and O–H groups in total. The molecule has 0 aliphatic carbocycles. The van der Waals surface area contributed by atoms with Crippen molar-refractivity contribution in [2.45, 2.75) is 20.3 Å². The average Bonchev–Trinajstić information content (AvgIpc) is 2.26. The van der Waals surface area contributed by atoms with Crippen LogP contribution in [0, 0.1) is 5.92 Å². The predicted molar refractivity (Wildman–Crippen MR) is 67.5 cm³/mol. The molecular formula is C14H19NO. The van der Waals surface area contributed by atoms with Gasteiger partial charge in [0.25, 0.3) is 5.91 Å². The average molecular weight is 217 g/mol.